The molecule has 9 heteroatoms. The quantitative estimate of drug-likeness (QED) is 0.137. The number of hydrogen-bond acceptors (Lipinski definition) is 3. The molecule has 0 N–H and O–H groups in total. The van der Waals surface area contributed by atoms with E-state index >= 15 is 0 Å². The van der Waals surface area contributed by atoms with E-state index in [9.17, 15) is 0 Å². The van der Waals surface area contributed by atoms with E-state index in [0.29, 0.717) is 0 Å². The van der Waals surface area contributed by atoms with Gasteiger partial charge in [-0.05, 0) is 219 Å². The lowest BCUT2D eigenvalue weighted by Crippen LogP contribution is -1.95. The van der Waals surface area contributed by atoms with Crippen LogP contribution in [0.25, 0.3) is 221 Å². The number of fused-ring (bicyclic) bond motifs is 19. The predicted molar refractivity (Wildman–Crippen MR) is 518 cm³/mol. The molecule has 0 spiro atoms. The van der Waals surface area contributed by atoms with Crippen molar-refractivity contribution < 1.29 is 0 Å². The summed E-state index contributed by atoms with van der Waals surface area (Å²) in [4.78, 5) is 14.7. The summed E-state index contributed by atoms with van der Waals surface area (Å²) in [5.74, 6) is 0. The standard InChI is InChI=1S/C41H27N3.C39H25N3.C35H23N3/c1-3-11-28(12-4-1)29-19-22-32(23-20-29)43-37-17-9-7-15-34(37)36-27-30(21-24-39(36)43)33-25-26-42-41-40(33)35-16-8-10-18-38(35)44(41)31-13-5-2-6-14-31;1-2-12-29(13-3-1)42-36-17-9-7-15-33(36)38-31(22-23-40-39(38)42)28-19-21-37-34(25-28)32-14-6-8-16-35(32)41(37)30-20-18-26-10-4-5-11-27(26)24-30;1-3-11-25(12-4-1)37-31-17-9-7-15-28(31)30-23-24(19-20-33(30)37)27-21-22-36-35-34(27)29-16-8-10-18-32(29)38(35)26-13-5-2-6-14-26/h1-27H;1-25H;1-23H. The Hall–Kier alpha value is -16.8. The van der Waals surface area contributed by atoms with Crippen LogP contribution in [0.4, 0.5) is 0 Å². The first-order chi connectivity index (χ1) is 61.6. The molecule has 26 aromatic rings. The van der Waals surface area contributed by atoms with Gasteiger partial charge in [-0.3, -0.25) is 13.7 Å². The van der Waals surface area contributed by atoms with Crippen LogP contribution in [0.2, 0.25) is 0 Å². The van der Waals surface area contributed by atoms with Gasteiger partial charge in [0.05, 0.1) is 49.7 Å². The average molecular weight is 1580 g/mol. The second-order valence-electron chi connectivity index (χ2n) is 31.8. The molecule has 0 saturated carbocycles. The summed E-state index contributed by atoms with van der Waals surface area (Å²) in [7, 11) is 0. The lowest BCUT2D eigenvalue weighted by Gasteiger charge is -2.10. The highest BCUT2D eigenvalue weighted by molar-refractivity contribution is 6.20. The van der Waals surface area contributed by atoms with Gasteiger partial charge in [-0.15, -0.1) is 0 Å². The maximum absolute atomic E-state index is 4.92. The molecular formula is C115H75N9. The SMILES string of the molecule is c1ccc(-c2ccc(-n3c4ccccc4c4cc(-c5ccnc6c5c5ccccc5n6-c5ccccc5)ccc43)cc2)cc1.c1ccc(-n2c3ccccc3c3c(-c4ccc5c(c4)c4ccccc4n5-c4ccc5ccccc5c4)ccnc32)cc1.c1ccc(-n2c3ccccc3c3cc(-c4ccnc5c4c4ccccc4n5-c4ccccc4)ccc32)cc1. The summed E-state index contributed by atoms with van der Waals surface area (Å²) < 4.78 is 14.0. The minimum Gasteiger partial charge on any atom is -0.309 e. The average Bonchev–Trinajstić information content (AvgIpc) is 1.58. The lowest BCUT2D eigenvalue weighted by molar-refractivity contribution is 1.14. The Bertz CT molecular complexity index is 8650. The minimum atomic E-state index is 0.968. The van der Waals surface area contributed by atoms with Gasteiger partial charge in [0, 0.05) is 117 Å². The maximum atomic E-state index is 4.92. The zero-order chi connectivity index (χ0) is 81.7. The Labute approximate surface area is 713 Å². The molecular weight excluding hydrogens is 1510 g/mol. The Morgan fingerprint density at radius 3 is 0.758 bits per heavy atom. The molecule has 124 heavy (non-hydrogen) atoms. The van der Waals surface area contributed by atoms with E-state index in [4.69, 9.17) is 15.0 Å². The highest BCUT2D eigenvalue weighted by Gasteiger charge is 2.25. The largest absolute Gasteiger partial charge is 0.309 e. The van der Waals surface area contributed by atoms with E-state index in [1.165, 1.54) is 164 Å². The van der Waals surface area contributed by atoms with Crippen LogP contribution < -0.4 is 0 Å². The van der Waals surface area contributed by atoms with Crippen LogP contribution in [0.5, 0.6) is 0 Å². The van der Waals surface area contributed by atoms with Crippen molar-refractivity contribution >= 4 is 142 Å². The zero-order valence-electron chi connectivity index (χ0n) is 67.3. The smallest absolute Gasteiger partial charge is 0.146 e. The number of rotatable bonds is 10. The summed E-state index contributed by atoms with van der Waals surface area (Å²) in [6.45, 7) is 0. The highest BCUT2D eigenvalue weighted by atomic mass is 15.1. The third-order valence-corrected chi connectivity index (χ3v) is 24.9. The van der Waals surface area contributed by atoms with Crippen molar-refractivity contribution in [3.8, 4) is 78.6 Å². The first kappa shape index (κ1) is 71.4. The van der Waals surface area contributed by atoms with Gasteiger partial charge in [0.1, 0.15) is 16.9 Å². The van der Waals surface area contributed by atoms with Crippen LogP contribution in [-0.4, -0.2) is 42.4 Å². The van der Waals surface area contributed by atoms with Gasteiger partial charge in [0.2, 0.25) is 0 Å². The van der Waals surface area contributed by atoms with Crippen LogP contribution in [-0.2, 0) is 0 Å². The van der Waals surface area contributed by atoms with Crippen LogP contribution in [0.1, 0.15) is 0 Å². The predicted octanol–water partition coefficient (Wildman–Crippen LogP) is 29.6. The monoisotopic (exact) mass is 1580 g/mol. The van der Waals surface area contributed by atoms with Gasteiger partial charge in [0.25, 0.3) is 0 Å². The molecule has 0 saturated heterocycles. The summed E-state index contributed by atoms with van der Waals surface area (Å²) in [6, 6.07) is 156. The Morgan fingerprint density at radius 1 is 0.145 bits per heavy atom. The third kappa shape index (κ3) is 11.7. The van der Waals surface area contributed by atoms with Crippen LogP contribution in [0.15, 0.2) is 455 Å². The number of aromatic nitrogens is 9. The van der Waals surface area contributed by atoms with E-state index in [2.05, 4.69) is 464 Å². The topological polar surface area (TPSA) is 68.2 Å². The van der Waals surface area contributed by atoms with Gasteiger partial charge in [0.15, 0.2) is 0 Å². The van der Waals surface area contributed by atoms with Crippen molar-refractivity contribution in [2.75, 3.05) is 0 Å². The molecule has 0 atom stereocenters. The Kier molecular flexibility index (Phi) is 17.1. The van der Waals surface area contributed by atoms with Gasteiger partial charge < -0.3 is 13.7 Å². The Balaban J connectivity index is 0.000000105. The molecule has 9 heterocycles. The van der Waals surface area contributed by atoms with Gasteiger partial charge in [-0.1, -0.05) is 273 Å². The van der Waals surface area contributed by atoms with E-state index in [0.717, 1.165) is 56.2 Å². The highest BCUT2D eigenvalue weighted by Crippen LogP contribution is 2.46. The Morgan fingerprint density at radius 2 is 0.395 bits per heavy atom. The van der Waals surface area contributed by atoms with Crippen molar-refractivity contribution in [3.05, 3.63) is 455 Å². The van der Waals surface area contributed by atoms with Crippen LogP contribution in [0.3, 0.4) is 0 Å². The molecule has 0 aliphatic carbocycles. The number of pyridine rings is 3. The molecule has 0 aliphatic rings. The number of hydrogen-bond donors (Lipinski definition) is 0. The summed E-state index contributed by atoms with van der Waals surface area (Å²) in [5.41, 5.74) is 30.0. The van der Waals surface area contributed by atoms with Crippen molar-refractivity contribution in [3.63, 3.8) is 0 Å². The normalized spacial score (nSPS) is 11.7. The molecule has 0 fully saturated rings. The fourth-order valence-electron chi connectivity index (χ4n) is 19.5. The first-order valence-corrected chi connectivity index (χ1v) is 42.2. The fraction of sp³-hybridized carbons (Fsp3) is 0. The first-order valence-electron chi connectivity index (χ1n) is 42.2. The molecule has 26 rings (SSSR count). The van der Waals surface area contributed by atoms with E-state index in [-0.39, 0.29) is 0 Å². The molecule has 9 nitrogen and oxygen atoms in total. The summed E-state index contributed by atoms with van der Waals surface area (Å²) >= 11 is 0. The summed E-state index contributed by atoms with van der Waals surface area (Å²) in [5, 5.41) is 17.1. The van der Waals surface area contributed by atoms with Gasteiger partial charge >= 0.3 is 0 Å². The van der Waals surface area contributed by atoms with Crippen molar-refractivity contribution in [2.24, 2.45) is 0 Å². The van der Waals surface area contributed by atoms with Crippen molar-refractivity contribution in [1.82, 2.24) is 42.4 Å². The minimum absolute atomic E-state index is 0.968. The second kappa shape index (κ2) is 29.6. The molecule has 580 valence electrons. The lowest BCUT2D eigenvalue weighted by atomic mass is 9.99. The van der Waals surface area contributed by atoms with Crippen molar-refractivity contribution in [2.45, 2.75) is 0 Å². The van der Waals surface area contributed by atoms with Crippen molar-refractivity contribution in [1.29, 1.82) is 0 Å². The second-order valence-corrected chi connectivity index (χ2v) is 31.8. The maximum Gasteiger partial charge on any atom is 0.146 e. The van der Waals surface area contributed by atoms with E-state index in [1.54, 1.807) is 0 Å². The molecule has 0 radical (unpaired) electrons. The third-order valence-electron chi connectivity index (χ3n) is 24.9. The fourth-order valence-corrected chi connectivity index (χ4v) is 19.5. The molecule has 0 bridgehead atoms. The molecule has 9 aromatic heterocycles. The number of para-hydroxylation sites is 10. The van der Waals surface area contributed by atoms with Crippen LogP contribution in [0, 0.1) is 0 Å². The zero-order valence-corrected chi connectivity index (χ0v) is 67.3. The van der Waals surface area contributed by atoms with E-state index < -0.39 is 0 Å². The number of nitrogens with zero attached hydrogens (tertiary/aromatic N) is 9. The molecule has 0 aliphatic heterocycles. The molecule has 0 unspecified atom stereocenters. The van der Waals surface area contributed by atoms with Gasteiger partial charge in [-0.25, -0.2) is 15.0 Å². The van der Waals surface area contributed by atoms with E-state index in [1.807, 2.05) is 18.6 Å². The summed E-state index contributed by atoms with van der Waals surface area (Å²) in [6.07, 6.45) is 5.82. The molecule has 17 aromatic carbocycles. The number of benzene rings is 17. The van der Waals surface area contributed by atoms with Gasteiger partial charge in [-0.2, -0.15) is 0 Å². The van der Waals surface area contributed by atoms with Crippen LogP contribution >= 0.6 is 0 Å². The molecule has 0 amide bonds.